The summed E-state index contributed by atoms with van der Waals surface area (Å²) < 4.78 is 8.42. The lowest BCUT2D eigenvalue weighted by Crippen LogP contribution is -2.25. The molecule has 1 aromatic carbocycles. The maximum atomic E-state index is 12.8. The lowest BCUT2D eigenvalue weighted by Gasteiger charge is -2.14. The second-order valence-electron chi connectivity index (χ2n) is 7.04. The molecule has 0 radical (unpaired) electrons. The van der Waals surface area contributed by atoms with Crippen molar-refractivity contribution in [1.82, 2.24) is 19.6 Å². The summed E-state index contributed by atoms with van der Waals surface area (Å²) in [6, 6.07) is 6.98. The van der Waals surface area contributed by atoms with Gasteiger partial charge in [0.15, 0.2) is 0 Å². The maximum Gasteiger partial charge on any atom is 0.309 e. The number of carbonyl (C=O) groups excluding carboxylic acids is 1. The van der Waals surface area contributed by atoms with Crippen molar-refractivity contribution in [3.8, 4) is 5.75 Å². The number of aromatic nitrogens is 4. The zero-order chi connectivity index (χ0) is 22.0. The van der Waals surface area contributed by atoms with Crippen LogP contribution in [0.4, 0.5) is 11.4 Å². The van der Waals surface area contributed by atoms with Gasteiger partial charge in [0.25, 0.3) is 0 Å². The highest BCUT2D eigenvalue weighted by Gasteiger charge is 2.25. The molecule has 30 heavy (non-hydrogen) atoms. The van der Waals surface area contributed by atoms with Crippen molar-refractivity contribution in [2.24, 2.45) is 0 Å². The van der Waals surface area contributed by atoms with Crippen LogP contribution in [0.25, 0.3) is 0 Å². The van der Waals surface area contributed by atoms with Crippen LogP contribution >= 0.6 is 0 Å². The highest BCUT2D eigenvalue weighted by molar-refractivity contribution is 5.94. The molecule has 0 aliphatic carbocycles. The maximum absolute atomic E-state index is 12.8. The number of nitro groups is 1. The van der Waals surface area contributed by atoms with Gasteiger partial charge in [0.1, 0.15) is 23.7 Å². The normalized spacial score (nSPS) is 11.9. The Labute approximate surface area is 173 Å². The van der Waals surface area contributed by atoms with Crippen molar-refractivity contribution in [3.63, 3.8) is 0 Å². The Morgan fingerprint density at radius 1 is 1.30 bits per heavy atom. The van der Waals surface area contributed by atoms with Crippen LogP contribution in [0, 0.1) is 30.9 Å². The molecule has 1 atom stereocenters. The fourth-order valence-corrected chi connectivity index (χ4v) is 3.30. The molecule has 0 spiro atoms. The molecule has 10 nitrogen and oxygen atoms in total. The number of anilines is 1. The fraction of sp³-hybridized carbons (Fsp3) is 0.350. The number of rotatable bonds is 7. The number of hydrogen-bond donors (Lipinski definition) is 1. The van der Waals surface area contributed by atoms with E-state index in [0.717, 1.165) is 23.2 Å². The van der Waals surface area contributed by atoms with Gasteiger partial charge in [-0.2, -0.15) is 10.2 Å². The van der Waals surface area contributed by atoms with Crippen molar-refractivity contribution >= 4 is 17.3 Å². The van der Waals surface area contributed by atoms with Crippen LogP contribution < -0.4 is 10.1 Å². The van der Waals surface area contributed by atoms with Crippen LogP contribution in [0.3, 0.4) is 0 Å². The Morgan fingerprint density at radius 3 is 2.67 bits per heavy atom. The van der Waals surface area contributed by atoms with Crippen LogP contribution in [0.2, 0.25) is 0 Å². The van der Waals surface area contributed by atoms with Gasteiger partial charge in [-0.25, -0.2) is 0 Å². The lowest BCUT2D eigenvalue weighted by atomic mass is 10.2. The van der Waals surface area contributed by atoms with Crippen molar-refractivity contribution < 1.29 is 14.5 Å². The largest absolute Gasteiger partial charge is 0.497 e. The number of methoxy groups -OCH3 is 1. The third kappa shape index (κ3) is 4.02. The van der Waals surface area contributed by atoms with Crippen LogP contribution in [0.15, 0.2) is 30.5 Å². The summed E-state index contributed by atoms with van der Waals surface area (Å²) in [5, 5.41) is 22.5. The van der Waals surface area contributed by atoms with E-state index in [2.05, 4.69) is 15.5 Å². The van der Waals surface area contributed by atoms with Gasteiger partial charge in [-0.05, 0) is 45.4 Å². The van der Waals surface area contributed by atoms with E-state index in [0.29, 0.717) is 23.6 Å². The molecule has 3 rings (SSSR count). The minimum absolute atomic E-state index is 0.117. The van der Waals surface area contributed by atoms with Gasteiger partial charge in [-0.15, -0.1) is 0 Å². The van der Waals surface area contributed by atoms with Crippen molar-refractivity contribution in [2.75, 3.05) is 12.4 Å². The predicted molar refractivity (Wildman–Crippen MR) is 111 cm³/mol. The minimum atomic E-state index is -0.723. The molecule has 3 aromatic rings. The van der Waals surface area contributed by atoms with E-state index < -0.39 is 11.0 Å². The highest BCUT2D eigenvalue weighted by Crippen LogP contribution is 2.24. The highest BCUT2D eigenvalue weighted by atomic mass is 16.6. The number of benzene rings is 1. The molecule has 0 aliphatic rings. The average Bonchev–Trinajstić information content (AvgIpc) is 3.22. The third-order valence-electron chi connectivity index (χ3n) is 5.06. The number of nitrogens with zero attached hydrogens (tertiary/aromatic N) is 5. The Kier molecular flexibility index (Phi) is 5.86. The molecule has 10 heteroatoms. The number of nitrogens with one attached hydrogen (secondary N) is 1. The summed E-state index contributed by atoms with van der Waals surface area (Å²) in [5.74, 6) is 0.434. The second kappa shape index (κ2) is 8.36. The summed E-state index contributed by atoms with van der Waals surface area (Å²) in [4.78, 5) is 23.3. The Morgan fingerprint density at radius 2 is 2.03 bits per heavy atom. The van der Waals surface area contributed by atoms with E-state index in [1.165, 1.54) is 4.68 Å². The summed E-state index contributed by atoms with van der Waals surface area (Å²) in [6.07, 6.45) is 1.15. The van der Waals surface area contributed by atoms with Crippen LogP contribution in [-0.4, -0.2) is 37.5 Å². The average molecular weight is 412 g/mol. The predicted octanol–water partition coefficient (Wildman–Crippen LogP) is 3.17. The molecular formula is C20H24N6O4. The van der Waals surface area contributed by atoms with Gasteiger partial charge in [0, 0.05) is 0 Å². The molecule has 1 unspecified atom stereocenters. The first kappa shape index (κ1) is 21.0. The van der Waals surface area contributed by atoms with E-state index in [1.54, 1.807) is 21.0 Å². The molecule has 0 bridgehead atoms. The van der Waals surface area contributed by atoms with Crippen LogP contribution in [0.5, 0.6) is 5.75 Å². The Balaban J connectivity index is 1.80. The SMILES string of the molecule is COc1cccc(Cn2nc(C)c(NC(=O)C(C)n3ncc([N+](=O)[O-])c3C)c2C)c1. The van der Waals surface area contributed by atoms with Crippen LogP contribution in [-0.2, 0) is 11.3 Å². The fourth-order valence-electron chi connectivity index (χ4n) is 3.30. The van der Waals surface area contributed by atoms with E-state index in [1.807, 2.05) is 42.8 Å². The Bertz CT molecular complexity index is 1100. The summed E-state index contributed by atoms with van der Waals surface area (Å²) in [5.41, 5.74) is 3.33. The summed E-state index contributed by atoms with van der Waals surface area (Å²) >= 11 is 0. The Hall–Kier alpha value is -3.69. The van der Waals surface area contributed by atoms with Crippen molar-refractivity contribution in [1.29, 1.82) is 0 Å². The number of hydrogen-bond acceptors (Lipinski definition) is 6. The summed E-state index contributed by atoms with van der Waals surface area (Å²) in [7, 11) is 1.62. The van der Waals surface area contributed by atoms with E-state index in [-0.39, 0.29) is 11.6 Å². The first-order chi connectivity index (χ1) is 14.2. The smallest absolute Gasteiger partial charge is 0.309 e. The van der Waals surface area contributed by atoms with E-state index >= 15 is 0 Å². The van der Waals surface area contributed by atoms with Gasteiger partial charge >= 0.3 is 5.69 Å². The quantitative estimate of drug-likeness (QED) is 0.470. The zero-order valence-electron chi connectivity index (χ0n) is 17.5. The molecule has 2 heterocycles. The second-order valence-corrected chi connectivity index (χ2v) is 7.04. The van der Waals surface area contributed by atoms with Gasteiger partial charge < -0.3 is 10.1 Å². The third-order valence-corrected chi connectivity index (χ3v) is 5.06. The molecule has 0 saturated heterocycles. The molecule has 0 saturated carbocycles. The number of amides is 1. The molecule has 1 N–H and O–H groups in total. The van der Waals surface area contributed by atoms with Crippen molar-refractivity contribution in [2.45, 2.75) is 40.3 Å². The molecule has 158 valence electrons. The first-order valence-electron chi connectivity index (χ1n) is 9.39. The van der Waals surface area contributed by atoms with E-state index in [9.17, 15) is 14.9 Å². The van der Waals surface area contributed by atoms with E-state index in [4.69, 9.17) is 4.74 Å². The number of ether oxygens (including phenoxy) is 1. The van der Waals surface area contributed by atoms with Gasteiger partial charge in [-0.1, -0.05) is 12.1 Å². The molecule has 2 aromatic heterocycles. The molecule has 0 fully saturated rings. The zero-order valence-corrected chi connectivity index (χ0v) is 17.5. The van der Waals surface area contributed by atoms with Crippen molar-refractivity contribution in [3.05, 3.63) is 63.2 Å². The van der Waals surface area contributed by atoms with Crippen LogP contribution in [0.1, 0.15) is 35.6 Å². The number of aryl methyl sites for hydroxylation is 1. The monoisotopic (exact) mass is 412 g/mol. The first-order valence-corrected chi connectivity index (χ1v) is 9.39. The lowest BCUT2D eigenvalue weighted by molar-refractivity contribution is -0.385. The molecule has 1 amide bonds. The number of carbonyl (C=O) groups is 1. The topological polar surface area (TPSA) is 117 Å². The van der Waals surface area contributed by atoms with Gasteiger partial charge in [0.2, 0.25) is 5.91 Å². The van der Waals surface area contributed by atoms with Gasteiger partial charge in [-0.3, -0.25) is 24.3 Å². The molecule has 0 aliphatic heterocycles. The summed E-state index contributed by atoms with van der Waals surface area (Å²) in [6.45, 7) is 7.44. The minimum Gasteiger partial charge on any atom is -0.497 e. The molecular weight excluding hydrogens is 388 g/mol. The van der Waals surface area contributed by atoms with Gasteiger partial charge in [0.05, 0.1) is 35.7 Å². The standard InChI is InChI=1S/C20H24N6O4/c1-12-19(14(3)24(23-12)11-16-7-6-8-17(9-16)30-5)22-20(27)15(4)25-13(2)18(10-21-25)26(28)29/h6-10,15H,11H2,1-5H3,(H,22,27).